The van der Waals surface area contributed by atoms with E-state index >= 15 is 0 Å². The molecule has 0 atom stereocenters. The van der Waals surface area contributed by atoms with Crippen LogP contribution in [-0.2, 0) is 20.0 Å². The minimum Gasteiger partial charge on any atom is -0.481 e. The third kappa shape index (κ3) is 5.98. The lowest BCUT2D eigenvalue weighted by atomic mass is 10.2. The van der Waals surface area contributed by atoms with Crippen LogP contribution in [0.5, 0.6) is 11.9 Å². The molecule has 1 aliphatic heterocycles. The molecule has 0 bridgehead atoms. The maximum Gasteiger partial charge on any atom is 0.321 e. The van der Waals surface area contributed by atoms with Crippen LogP contribution in [0.1, 0.15) is 23.2 Å². The Bertz CT molecular complexity index is 1470. The number of benzene rings is 2. The van der Waals surface area contributed by atoms with Crippen molar-refractivity contribution in [1.29, 1.82) is 0 Å². The summed E-state index contributed by atoms with van der Waals surface area (Å²) in [6.45, 7) is 0.987. The van der Waals surface area contributed by atoms with Gasteiger partial charge in [-0.2, -0.15) is 14.3 Å². The minimum atomic E-state index is -4.01. The molecule has 12 nitrogen and oxygen atoms in total. The van der Waals surface area contributed by atoms with Gasteiger partial charge in [0.1, 0.15) is 0 Å². The molecule has 1 aliphatic rings. The number of rotatable bonds is 9. The smallest absolute Gasteiger partial charge is 0.321 e. The van der Waals surface area contributed by atoms with Gasteiger partial charge in [-0.1, -0.05) is 0 Å². The van der Waals surface area contributed by atoms with Gasteiger partial charge in [0.05, 0.1) is 24.0 Å². The van der Waals surface area contributed by atoms with Gasteiger partial charge in [0, 0.05) is 30.4 Å². The molecule has 0 saturated carbocycles. The van der Waals surface area contributed by atoms with Gasteiger partial charge in [0.2, 0.25) is 15.9 Å². The number of hydrogen-bond donors (Lipinski definition) is 2. The molecule has 3 aromatic rings. The standard InChI is InChI=1S/C23H25N5O7S2/c1-34-21-15-20(25-23(26-21)35-2)27-36(30,31)18-11-7-17(8-12-18)24-22(29)16-5-9-19(10-6-16)37(32,33)28-13-3-4-14-28/h5-12,15H,3-4,13-14H2,1-2H3,(H,24,29)(H,25,26,27). The first kappa shape index (κ1) is 26.3. The van der Waals surface area contributed by atoms with Crippen LogP contribution in [0.2, 0.25) is 0 Å². The van der Waals surface area contributed by atoms with E-state index < -0.39 is 26.0 Å². The predicted octanol–water partition coefficient (Wildman–Crippen LogP) is 2.33. The average molecular weight is 548 g/mol. The zero-order valence-electron chi connectivity index (χ0n) is 20.0. The second-order valence-electron chi connectivity index (χ2n) is 8.00. The molecule has 0 spiro atoms. The first-order valence-corrected chi connectivity index (χ1v) is 14.1. The van der Waals surface area contributed by atoms with Crippen molar-refractivity contribution in [3.8, 4) is 11.9 Å². The Labute approximate surface area is 214 Å². The van der Waals surface area contributed by atoms with Crippen molar-refractivity contribution in [3.05, 3.63) is 60.2 Å². The molecule has 0 radical (unpaired) electrons. The lowest BCUT2D eigenvalue weighted by Crippen LogP contribution is -2.27. The Morgan fingerprint density at radius 2 is 1.49 bits per heavy atom. The summed E-state index contributed by atoms with van der Waals surface area (Å²) < 4.78 is 64.6. The van der Waals surface area contributed by atoms with Crippen LogP contribution in [0.4, 0.5) is 11.5 Å². The third-order valence-electron chi connectivity index (χ3n) is 5.55. The quantitative estimate of drug-likeness (QED) is 0.410. The summed E-state index contributed by atoms with van der Waals surface area (Å²) in [6, 6.07) is 12.4. The fourth-order valence-electron chi connectivity index (χ4n) is 3.63. The number of methoxy groups -OCH3 is 2. The number of anilines is 2. The molecule has 0 unspecified atom stereocenters. The molecule has 1 amide bonds. The Morgan fingerprint density at radius 1 is 0.865 bits per heavy atom. The number of carbonyl (C=O) groups excluding carboxylic acids is 1. The monoisotopic (exact) mass is 547 g/mol. The highest BCUT2D eigenvalue weighted by molar-refractivity contribution is 7.92. The molecular weight excluding hydrogens is 522 g/mol. The summed E-state index contributed by atoms with van der Waals surface area (Å²) in [6.07, 6.45) is 1.67. The molecule has 2 heterocycles. The topological polar surface area (TPSA) is 157 Å². The normalized spacial score (nSPS) is 14.2. The van der Waals surface area contributed by atoms with Crippen LogP contribution in [0.25, 0.3) is 0 Å². The number of amides is 1. The van der Waals surface area contributed by atoms with Crippen molar-refractivity contribution in [2.75, 3.05) is 37.3 Å². The van der Waals surface area contributed by atoms with Crippen molar-refractivity contribution in [1.82, 2.24) is 14.3 Å². The van der Waals surface area contributed by atoms with Gasteiger partial charge in [-0.3, -0.25) is 9.52 Å². The largest absolute Gasteiger partial charge is 0.481 e. The van der Waals surface area contributed by atoms with Crippen LogP contribution >= 0.6 is 0 Å². The number of hydrogen-bond acceptors (Lipinski definition) is 9. The number of nitrogens with zero attached hydrogens (tertiary/aromatic N) is 3. The second kappa shape index (κ2) is 10.7. The number of sulfonamides is 2. The fourth-order valence-corrected chi connectivity index (χ4v) is 6.13. The fraction of sp³-hybridized carbons (Fsp3) is 0.261. The summed E-state index contributed by atoms with van der Waals surface area (Å²) in [5, 5.41) is 2.66. The average Bonchev–Trinajstić information content (AvgIpc) is 3.45. The Kier molecular flexibility index (Phi) is 7.61. The van der Waals surface area contributed by atoms with Crippen molar-refractivity contribution < 1.29 is 31.1 Å². The predicted molar refractivity (Wildman–Crippen MR) is 135 cm³/mol. The van der Waals surface area contributed by atoms with Gasteiger partial charge in [-0.15, -0.1) is 0 Å². The highest BCUT2D eigenvalue weighted by Crippen LogP contribution is 2.23. The van der Waals surface area contributed by atoms with Crippen molar-refractivity contribution >= 4 is 37.5 Å². The highest BCUT2D eigenvalue weighted by Gasteiger charge is 2.27. The van der Waals surface area contributed by atoms with Crippen molar-refractivity contribution in [2.45, 2.75) is 22.6 Å². The number of aromatic nitrogens is 2. The van der Waals surface area contributed by atoms with E-state index in [1.165, 1.54) is 73.1 Å². The van der Waals surface area contributed by atoms with Gasteiger partial charge in [0.15, 0.2) is 5.82 Å². The number of nitrogens with one attached hydrogen (secondary N) is 2. The zero-order chi connectivity index (χ0) is 26.6. The van der Waals surface area contributed by atoms with E-state index in [2.05, 4.69) is 20.0 Å². The molecule has 2 N–H and O–H groups in total. The minimum absolute atomic E-state index is 0.0451. The summed E-state index contributed by atoms with van der Waals surface area (Å²) in [4.78, 5) is 20.5. The van der Waals surface area contributed by atoms with E-state index in [9.17, 15) is 21.6 Å². The molecular formula is C23H25N5O7S2. The van der Waals surface area contributed by atoms with Crippen LogP contribution in [-0.4, -0.2) is 64.3 Å². The summed E-state index contributed by atoms with van der Waals surface area (Å²) >= 11 is 0. The second-order valence-corrected chi connectivity index (χ2v) is 11.6. The van der Waals surface area contributed by atoms with Gasteiger partial charge < -0.3 is 14.8 Å². The molecule has 37 heavy (non-hydrogen) atoms. The number of carbonyl (C=O) groups is 1. The van der Waals surface area contributed by atoms with Gasteiger partial charge in [0.25, 0.3) is 15.9 Å². The SMILES string of the molecule is COc1cc(NS(=O)(=O)c2ccc(NC(=O)c3ccc(S(=O)(=O)N4CCCC4)cc3)cc2)nc(OC)n1. The lowest BCUT2D eigenvalue weighted by molar-refractivity contribution is 0.102. The summed E-state index contributed by atoms with van der Waals surface area (Å²) in [5.74, 6) is -0.403. The summed E-state index contributed by atoms with van der Waals surface area (Å²) in [5.41, 5.74) is 0.605. The molecule has 196 valence electrons. The van der Waals surface area contributed by atoms with E-state index in [-0.39, 0.29) is 33.1 Å². The summed E-state index contributed by atoms with van der Waals surface area (Å²) in [7, 11) is -4.87. The molecule has 4 rings (SSSR count). The zero-order valence-corrected chi connectivity index (χ0v) is 21.7. The lowest BCUT2D eigenvalue weighted by Gasteiger charge is -2.15. The molecule has 2 aromatic carbocycles. The Balaban J connectivity index is 1.43. The maximum absolute atomic E-state index is 12.8. The maximum atomic E-state index is 12.8. The van der Waals surface area contributed by atoms with E-state index in [1.54, 1.807) is 0 Å². The number of ether oxygens (including phenoxy) is 2. The molecule has 1 fully saturated rings. The van der Waals surface area contributed by atoms with Crippen LogP contribution in [0, 0.1) is 0 Å². The molecule has 14 heteroatoms. The first-order valence-electron chi connectivity index (χ1n) is 11.1. The third-order valence-corrected chi connectivity index (χ3v) is 8.84. The van der Waals surface area contributed by atoms with E-state index in [4.69, 9.17) is 9.47 Å². The van der Waals surface area contributed by atoms with Crippen LogP contribution < -0.4 is 19.5 Å². The molecule has 1 saturated heterocycles. The van der Waals surface area contributed by atoms with E-state index in [0.717, 1.165) is 12.8 Å². The van der Waals surface area contributed by atoms with Gasteiger partial charge in [-0.05, 0) is 61.4 Å². The van der Waals surface area contributed by atoms with Crippen molar-refractivity contribution in [3.63, 3.8) is 0 Å². The first-order chi connectivity index (χ1) is 17.6. The van der Waals surface area contributed by atoms with E-state index in [1.807, 2.05) is 0 Å². The Hall–Kier alpha value is -3.75. The van der Waals surface area contributed by atoms with Crippen molar-refractivity contribution in [2.24, 2.45) is 0 Å². The van der Waals surface area contributed by atoms with Gasteiger partial charge >= 0.3 is 6.01 Å². The van der Waals surface area contributed by atoms with Crippen LogP contribution in [0.15, 0.2) is 64.4 Å². The highest BCUT2D eigenvalue weighted by atomic mass is 32.2. The van der Waals surface area contributed by atoms with Gasteiger partial charge in [-0.25, -0.2) is 16.8 Å². The Morgan fingerprint density at radius 3 is 2.08 bits per heavy atom. The van der Waals surface area contributed by atoms with E-state index in [0.29, 0.717) is 18.8 Å². The van der Waals surface area contributed by atoms with Crippen LogP contribution in [0.3, 0.4) is 0 Å². The molecule has 1 aromatic heterocycles. The molecule has 0 aliphatic carbocycles.